The number of carbonyl (C=O) groups excluding carboxylic acids is 1. The van der Waals surface area contributed by atoms with Gasteiger partial charge < -0.3 is 15.5 Å². The second kappa shape index (κ2) is 9.07. The van der Waals surface area contributed by atoms with Crippen LogP contribution in [0.15, 0.2) is 60.8 Å². The van der Waals surface area contributed by atoms with E-state index < -0.39 is 0 Å². The number of thiophene rings is 1. The minimum Gasteiger partial charge on any atom is -0.352 e. The molecular formula is C21H18ClFN4OS2. The summed E-state index contributed by atoms with van der Waals surface area (Å²) in [5.74, 6) is -0.520. The van der Waals surface area contributed by atoms with Crippen molar-refractivity contribution >= 4 is 51.9 Å². The van der Waals surface area contributed by atoms with Gasteiger partial charge in [-0.3, -0.25) is 9.78 Å². The Kier molecular flexibility index (Phi) is 6.26. The van der Waals surface area contributed by atoms with Crippen LogP contribution in [0.4, 0.5) is 10.1 Å². The van der Waals surface area contributed by atoms with Gasteiger partial charge in [-0.2, -0.15) is 0 Å². The van der Waals surface area contributed by atoms with Gasteiger partial charge in [0.2, 0.25) is 5.91 Å². The minimum atomic E-state index is -0.348. The lowest BCUT2D eigenvalue weighted by Gasteiger charge is -2.26. The Morgan fingerprint density at radius 3 is 2.70 bits per heavy atom. The monoisotopic (exact) mass is 460 g/mol. The molecule has 154 valence electrons. The van der Waals surface area contributed by atoms with Crippen molar-refractivity contribution in [2.24, 2.45) is 0 Å². The van der Waals surface area contributed by atoms with Crippen molar-refractivity contribution in [1.29, 1.82) is 0 Å². The molecule has 9 heteroatoms. The average molecular weight is 461 g/mol. The van der Waals surface area contributed by atoms with Crippen LogP contribution in [0, 0.1) is 5.82 Å². The van der Waals surface area contributed by atoms with Crippen molar-refractivity contribution in [3.8, 4) is 0 Å². The third kappa shape index (κ3) is 4.61. The summed E-state index contributed by atoms with van der Waals surface area (Å²) in [6, 6.07) is 15.0. The van der Waals surface area contributed by atoms with Gasteiger partial charge >= 0.3 is 0 Å². The van der Waals surface area contributed by atoms with Gasteiger partial charge in [-0.25, -0.2) is 4.39 Å². The summed E-state index contributed by atoms with van der Waals surface area (Å²) >= 11 is 13.3. The maximum absolute atomic E-state index is 13.0. The molecule has 0 bridgehead atoms. The van der Waals surface area contributed by atoms with E-state index in [4.69, 9.17) is 23.8 Å². The Balaban J connectivity index is 1.51. The molecule has 1 fully saturated rings. The van der Waals surface area contributed by atoms with E-state index >= 15 is 0 Å². The van der Waals surface area contributed by atoms with E-state index in [9.17, 15) is 9.18 Å². The van der Waals surface area contributed by atoms with Gasteiger partial charge in [0.05, 0.1) is 22.1 Å². The van der Waals surface area contributed by atoms with Crippen LogP contribution in [0.2, 0.25) is 4.34 Å². The molecule has 1 aromatic carbocycles. The highest BCUT2D eigenvalue weighted by molar-refractivity contribution is 7.80. The first-order valence-corrected chi connectivity index (χ1v) is 10.9. The fraction of sp³-hybridized carbons (Fsp3) is 0.190. The van der Waals surface area contributed by atoms with Crippen LogP contribution >= 0.6 is 35.2 Å². The van der Waals surface area contributed by atoms with Crippen LogP contribution in [-0.2, 0) is 4.79 Å². The average Bonchev–Trinajstić information content (AvgIpc) is 3.31. The summed E-state index contributed by atoms with van der Waals surface area (Å²) in [5, 5.41) is 6.69. The van der Waals surface area contributed by atoms with Crippen molar-refractivity contribution < 1.29 is 9.18 Å². The van der Waals surface area contributed by atoms with E-state index in [1.165, 1.54) is 35.6 Å². The predicted molar refractivity (Wildman–Crippen MR) is 121 cm³/mol. The summed E-state index contributed by atoms with van der Waals surface area (Å²) < 4.78 is 13.7. The zero-order valence-corrected chi connectivity index (χ0v) is 18.1. The number of hydrogen-bond donors (Lipinski definition) is 2. The zero-order chi connectivity index (χ0) is 21.1. The number of nitrogens with one attached hydrogen (secondary N) is 2. The normalized spacial score (nSPS) is 18.3. The first-order chi connectivity index (χ1) is 14.5. The first-order valence-electron chi connectivity index (χ1n) is 9.30. The van der Waals surface area contributed by atoms with Gasteiger partial charge in [0.25, 0.3) is 0 Å². The Labute approximate surface area is 187 Å². The number of thiocarbonyl (C=S) groups is 1. The van der Waals surface area contributed by atoms with E-state index in [1.54, 1.807) is 6.20 Å². The Hall–Kier alpha value is -2.55. The van der Waals surface area contributed by atoms with Crippen LogP contribution < -0.4 is 10.6 Å². The van der Waals surface area contributed by atoms with Gasteiger partial charge in [-0.15, -0.1) is 11.3 Å². The molecule has 0 spiro atoms. The number of carbonyl (C=O) groups is 1. The van der Waals surface area contributed by atoms with Gasteiger partial charge in [-0.1, -0.05) is 17.7 Å². The number of pyridine rings is 1. The standard InChI is InChI=1S/C21H18ClFN4OS2/c22-17-9-8-16(30-17)20-19(15-3-1-2-11-24-15)26-21(29)27(20)12-10-18(28)25-14-6-4-13(23)5-7-14/h1-9,11,19-20H,10,12H2,(H,25,28)(H,26,29)/t19-,20-/m0/s1. The molecular weight excluding hydrogens is 443 g/mol. The van der Waals surface area contributed by atoms with E-state index in [1.807, 2.05) is 35.2 Å². The largest absolute Gasteiger partial charge is 0.352 e. The Morgan fingerprint density at radius 1 is 1.23 bits per heavy atom. The number of aromatic nitrogens is 1. The number of benzene rings is 1. The van der Waals surface area contributed by atoms with E-state index in [0.717, 1.165) is 10.6 Å². The number of rotatable bonds is 6. The molecule has 0 aliphatic carbocycles. The second-order valence-corrected chi connectivity index (χ2v) is 8.90. The molecule has 0 radical (unpaired) electrons. The molecule has 1 amide bonds. The maximum atomic E-state index is 13.0. The highest BCUT2D eigenvalue weighted by Crippen LogP contribution is 2.42. The molecule has 1 saturated heterocycles. The zero-order valence-electron chi connectivity index (χ0n) is 15.7. The first kappa shape index (κ1) is 20.7. The van der Waals surface area contributed by atoms with Crippen LogP contribution in [0.5, 0.6) is 0 Å². The molecule has 30 heavy (non-hydrogen) atoms. The molecule has 2 atom stereocenters. The molecule has 1 aliphatic rings. The lowest BCUT2D eigenvalue weighted by Crippen LogP contribution is -2.32. The highest BCUT2D eigenvalue weighted by atomic mass is 35.5. The Morgan fingerprint density at radius 2 is 2.03 bits per heavy atom. The Bertz CT molecular complexity index is 1040. The quantitative estimate of drug-likeness (QED) is 0.510. The van der Waals surface area contributed by atoms with Gasteiger partial charge in [0, 0.05) is 29.7 Å². The van der Waals surface area contributed by atoms with Gasteiger partial charge in [-0.05, 0) is 60.7 Å². The SMILES string of the molecule is O=C(CCN1C(=S)N[C@@H](c2ccccn2)[C@@H]1c1ccc(Cl)s1)Nc1ccc(F)cc1. The molecule has 3 aromatic rings. The number of hydrogen-bond acceptors (Lipinski definition) is 4. The number of amides is 1. The van der Waals surface area contributed by atoms with Crippen LogP contribution in [0.3, 0.4) is 0 Å². The lowest BCUT2D eigenvalue weighted by atomic mass is 10.0. The van der Waals surface area contributed by atoms with Crippen LogP contribution in [0.1, 0.15) is 29.1 Å². The van der Waals surface area contributed by atoms with Crippen molar-refractivity contribution in [3.63, 3.8) is 0 Å². The van der Waals surface area contributed by atoms with Crippen molar-refractivity contribution in [2.45, 2.75) is 18.5 Å². The molecule has 0 unspecified atom stereocenters. The summed E-state index contributed by atoms with van der Waals surface area (Å²) in [6.45, 7) is 0.419. The van der Waals surface area contributed by atoms with E-state index in [0.29, 0.717) is 21.7 Å². The topological polar surface area (TPSA) is 57.3 Å². The molecule has 2 aromatic heterocycles. The molecule has 2 N–H and O–H groups in total. The maximum Gasteiger partial charge on any atom is 0.226 e. The van der Waals surface area contributed by atoms with Crippen molar-refractivity contribution in [1.82, 2.24) is 15.2 Å². The number of anilines is 1. The summed E-state index contributed by atoms with van der Waals surface area (Å²) in [5.41, 5.74) is 1.42. The van der Waals surface area contributed by atoms with Crippen molar-refractivity contribution in [3.05, 3.63) is 81.5 Å². The number of halogens is 2. The fourth-order valence-corrected chi connectivity index (χ4v) is 4.96. The predicted octanol–water partition coefficient (Wildman–Crippen LogP) is 4.94. The second-order valence-electron chi connectivity index (χ2n) is 6.77. The van der Waals surface area contributed by atoms with E-state index in [2.05, 4.69) is 15.6 Å². The van der Waals surface area contributed by atoms with E-state index in [-0.39, 0.29) is 30.2 Å². The molecule has 3 heterocycles. The fourth-order valence-electron chi connectivity index (χ4n) is 3.42. The van der Waals surface area contributed by atoms with Gasteiger partial charge in [0.1, 0.15) is 5.82 Å². The summed E-state index contributed by atoms with van der Waals surface area (Å²) in [4.78, 5) is 20.0. The van der Waals surface area contributed by atoms with Crippen LogP contribution in [-0.4, -0.2) is 27.4 Å². The molecule has 1 aliphatic heterocycles. The third-order valence-electron chi connectivity index (χ3n) is 4.79. The minimum absolute atomic E-state index is 0.122. The summed E-state index contributed by atoms with van der Waals surface area (Å²) in [7, 11) is 0. The smallest absolute Gasteiger partial charge is 0.226 e. The highest BCUT2D eigenvalue weighted by Gasteiger charge is 2.40. The lowest BCUT2D eigenvalue weighted by molar-refractivity contribution is -0.116. The molecule has 0 saturated carbocycles. The number of nitrogens with zero attached hydrogens (tertiary/aromatic N) is 2. The van der Waals surface area contributed by atoms with Gasteiger partial charge in [0.15, 0.2) is 5.11 Å². The van der Waals surface area contributed by atoms with Crippen molar-refractivity contribution in [2.75, 3.05) is 11.9 Å². The summed E-state index contributed by atoms with van der Waals surface area (Å²) in [6.07, 6.45) is 1.97. The molecule has 5 nitrogen and oxygen atoms in total. The van der Waals surface area contributed by atoms with Crippen LogP contribution in [0.25, 0.3) is 0 Å². The third-order valence-corrected chi connectivity index (χ3v) is 6.45. The molecule has 4 rings (SSSR count).